The maximum Gasteiger partial charge on any atom is 0.187 e. The molecule has 0 radical (unpaired) electrons. The second-order valence-electron chi connectivity index (χ2n) is 29.9. The van der Waals surface area contributed by atoms with Crippen LogP contribution in [0.3, 0.4) is 0 Å². The van der Waals surface area contributed by atoms with Gasteiger partial charge in [-0.3, -0.25) is 0 Å². The van der Waals surface area contributed by atoms with Gasteiger partial charge in [0.2, 0.25) is 0 Å². The molecule has 0 unspecified atom stereocenters. The van der Waals surface area contributed by atoms with Gasteiger partial charge in [0.05, 0.1) is 57.5 Å². The zero-order chi connectivity index (χ0) is 67.5. The van der Waals surface area contributed by atoms with E-state index in [1.54, 1.807) is 0 Å². The molecule has 12 rings (SSSR count). The number of hydrogen-bond donors (Lipinski definition) is 17. The summed E-state index contributed by atoms with van der Waals surface area (Å²) in [5.74, 6) is 2.28. The highest BCUT2D eigenvalue weighted by Gasteiger charge is 2.70. The van der Waals surface area contributed by atoms with Crippen LogP contribution in [0.1, 0.15) is 106 Å². The molecule has 0 aromatic rings. The van der Waals surface area contributed by atoms with Crippen molar-refractivity contribution < 1.29 is 153 Å². The van der Waals surface area contributed by atoms with E-state index in [1.807, 2.05) is 0 Å². The number of rotatable bonds is 16. The first-order valence-corrected chi connectivity index (χ1v) is 34.1. The van der Waals surface area contributed by atoms with E-state index < -0.39 is 223 Å². The predicted molar refractivity (Wildman–Crippen MR) is 311 cm³/mol. The first-order chi connectivity index (χ1) is 44.6. The van der Waals surface area contributed by atoms with Crippen molar-refractivity contribution in [2.45, 2.75) is 308 Å². The molecule has 94 heavy (non-hydrogen) atoms. The number of aliphatic hydroxyl groups is 17. The maximum atomic E-state index is 12.7. The summed E-state index contributed by atoms with van der Waals surface area (Å²) in [6.07, 6.45) is -45.7. The summed E-state index contributed by atoms with van der Waals surface area (Å²) in [6.45, 7) is 9.25. The molecule has 4 aliphatic carbocycles. The highest BCUT2D eigenvalue weighted by molar-refractivity contribution is 5.16. The molecular weight excluding hydrogens is 1250 g/mol. The molecule has 4 saturated carbocycles. The first kappa shape index (κ1) is 72.5. The van der Waals surface area contributed by atoms with Crippen molar-refractivity contribution in [1.29, 1.82) is 0 Å². The summed E-state index contributed by atoms with van der Waals surface area (Å²) in [5, 5.41) is 188. The molecule has 12 fully saturated rings. The van der Waals surface area contributed by atoms with E-state index in [4.69, 9.17) is 66.3 Å². The second-order valence-corrected chi connectivity index (χ2v) is 29.9. The lowest BCUT2D eigenvalue weighted by Crippen LogP contribution is -2.69. The van der Waals surface area contributed by atoms with Crippen molar-refractivity contribution in [2.75, 3.05) is 33.0 Å². The number of aliphatic hydroxyl groups excluding tert-OH is 17. The van der Waals surface area contributed by atoms with Crippen LogP contribution in [0.2, 0.25) is 0 Å². The first-order valence-electron chi connectivity index (χ1n) is 34.1. The van der Waals surface area contributed by atoms with Crippen molar-refractivity contribution in [3.8, 4) is 0 Å². The summed E-state index contributed by atoms with van der Waals surface area (Å²) < 4.78 is 87.1. The van der Waals surface area contributed by atoms with E-state index in [1.165, 1.54) is 13.8 Å². The molecule has 42 atom stereocenters. The van der Waals surface area contributed by atoms with Gasteiger partial charge in [-0.05, 0) is 118 Å². The molecule has 0 amide bonds. The van der Waals surface area contributed by atoms with Gasteiger partial charge in [0.1, 0.15) is 134 Å². The summed E-state index contributed by atoms with van der Waals surface area (Å²) in [7, 11) is 0. The molecule has 12 aliphatic rings. The fraction of sp³-hybridized carbons (Fsp3) is 1.00. The van der Waals surface area contributed by atoms with Crippen LogP contribution in [0.4, 0.5) is 0 Å². The molecule has 17 N–H and O–H groups in total. The lowest BCUT2D eigenvalue weighted by Gasteiger charge is -2.61. The zero-order valence-electron chi connectivity index (χ0n) is 53.9. The van der Waals surface area contributed by atoms with Crippen LogP contribution < -0.4 is 0 Å². The van der Waals surface area contributed by atoms with Crippen molar-refractivity contribution in [3.63, 3.8) is 0 Å². The van der Waals surface area contributed by atoms with E-state index >= 15 is 0 Å². The fourth-order valence-corrected chi connectivity index (χ4v) is 19.0. The van der Waals surface area contributed by atoms with E-state index in [0.717, 1.165) is 51.4 Å². The highest BCUT2D eigenvalue weighted by Crippen LogP contribution is 2.71. The monoisotopic (exact) mass is 1360 g/mol. The predicted octanol–water partition coefficient (Wildman–Crippen LogP) is -5.21. The summed E-state index contributed by atoms with van der Waals surface area (Å²) in [6, 6.07) is 0. The van der Waals surface area contributed by atoms with E-state index in [9.17, 15) is 86.8 Å². The molecule has 0 aromatic heterocycles. The van der Waals surface area contributed by atoms with Gasteiger partial charge in [-0.1, -0.05) is 27.7 Å². The maximum absolute atomic E-state index is 12.7. The standard InChI is InChI=1S/C63H104O31/c1-22-9-14-63(81-21-22)23(2)36-31(94-63)16-30-28-8-7-26-15-27(10-12-61(26,5)29(28)11-13-62(30,36)6)84-60-54(48(79)51(34(19-66)88-60)90-55-44(75)40(71)37(68)24(3)82-55)93-59-49(80)53(52(35(20-67)87-59)91-56-45(76)41(72)38(69)25(4)83-56)92-58-47(78)43(74)50(33(18-65)86-58)89-57-46(77)42(73)39(70)32(17-64)85-57/h22-60,64-80H,7-21H2,1-6H3/t22-,23+,24+,25+,26+,27+,28-,29+,30+,31+,32-,33-,34-,35-,36+,37+,38+,39+,40-,41-,42+,43-,44-,45-,46-,47-,48+,49-,50-,51-,52-,53-,54-,55-,56-,57+,58+,59+,60-,61+,62+,63-/m1/s1. The van der Waals surface area contributed by atoms with Crippen LogP contribution in [0.5, 0.6) is 0 Å². The van der Waals surface area contributed by atoms with Gasteiger partial charge in [0.15, 0.2) is 43.5 Å². The van der Waals surface area contributed by atoms with Gasteiger partial charge in [-0.25, -0.2) is 0 Å². The number of hydrogen-bond acceptors (Lipinski definition) is 31. The molecule has 31 nitrogen and oxygen atoms in total. The van der Waals surface area contributed by atoms with Crippen molar-refractivity contribution in [1.82, 2.24) is 0 Å². The molecular formula is C63H104O31. The average Bonchev–Trinajstić information content (AvgIpc) is 1.50. The Hall–Kier alpha value is -1.24. The molecule has 8 saturated heterocycles. The van der Waals surface area contributed by atoms with Crippen LogP contribution >= 0.6 is 0 Å². The van der Waals surface area contributed by atoms with Gasteiger partial charge < -0.3 is 153 Å². The largest absolute Gasteiger partial charge is 0.394 e. The van der Waals surface area contributed by atoms with E-state index in [2.05, 4.69) is 27.7 Å². The van der Waals surface area contributed by atoms with Gasteiger partial charge >= 0.3 is 0 Å². The smallest absolute Gasteiger partial charge is 0.187 e. The Kier molecular flexibility index (Phi) is 22.0. The Labute approximate surface area is 544 Å². The SMILES string of the molecule is C[C@@H]1CC[C@@]2(OC1)O[C@H]1C[C@H]3[C@@H]4CC[C@H]5C[C@@H](O[C@@H]6O[C@H](CO)[C@@H](O[C@H]7O[C@@H](C)[C@H](O)[C@@H](O)[C@H]7O)[C@H](O)[C@H]6O[C@@H]6O[C@H](CO)[C@@H](O[C@H]7O[C@@H](C)[C@H](O)[C@@H](O)[C@H]7O)[C@H](O[C@@H]7O[C@H](CO)[C@@H](O[C@@H]8O[C@H](CO)[C@H](O)[C@H](O)[C@H]8O)[C@H](O)[C@H]7O)[C@H]6O)CC[C@]5(C)[C@H]4CC[C@]3(C)[C@H]1[C@@H]2C. The zero-order valence-corrected chi connectivity index (χ0v) is 53.9. The molecule has 31 heteroatoms. The van der Waals surface area contributed by atoms with Crippen LogP contribution in [0.15, 0.2) is 0 Å². The van der Waals surface area contributed by atoms with Gasteiger partial charge in [-0.15, -0.1) is 0 Å². The Balaban J connectivity index is 0.804. The third-order valence-corrected chi connectivity index (χ3v) is 24.5. The van der Waals surface area contributed by atoms with E-state index in [-0.39, 0.29) is 28.8 Å². The van der Waals surface area contributed by atoms with Gasteiger partial charge in [0.25, 0.3) is 0 Å². The lowest BCUT2D eigenvalue weighted by atomic mass is 9.44. The molecule has 8 aliphatic heterocycles. The third kappa shape index (κ3) is 12.8. The van der Waals surface area contributed by atoms with E-state index in [0.29, 0.717) is 49.0 Å². The molecule has 1 spiro atoms. The van der Waals surface area contributed by atoms with Gasteiger partial charge in [0, 0.05) is 12.3 Å². The second kappa shape index (κ2) is 28.5. The van der Waals surface area contributed by atoms with Crippen LogP contribution in [-0.4, -0.2) is 322 Å². The molecule has 542 valence electrons. The van der Waals surface area contributed by atoms with Crippen molar-refractivity contribution >= 4 is 0 Å². The van der Waals surface area contributed by atoms with Crippen molar-refractivity contribution in [2.24, 2.45) is 52.3 Å². The van der Waals surface area contributed by atoms with Crippen LogP contribution in [0, 0.1) is 52.3 Å². The highest BCUT2D eigenvalue weighted by atomic mass is 16.8. The molecule has 0 bridgehead atoms. The minimum Gasteiger partial charge on any atom is -0.394 e. The molecule has 8 heterocycles. The normalized spacial score (nSPS) is 57.8. The van der Waals surface area contributed by atoms with Crippen LogP contribution in [0.25, 0.3) is 0 Å². The Bertz CT molecular complexity index is 2490. The van der Waals surface area contributed by atoms with Crippen molar-refractivity contribution in [3.05, 3.63) is 0 Å². The van der Waals surface area contributed by atoms with Crippen LogP contribution in [-0.2, 0) is 66.3 Å². The summed E-state index contributed by atoms with van der Waals surface area (Å²) >= 11 is 0. The van der Waals surface area contributed by atoms with Gasteiger partial charge in [-0.2, -0.15) is 0 Å². The average molecular weight is 1360 g/mol. The Morgan fingerprint density at radius 2 is 0.862 bits per heavy atom. The number of ether oxygens (including phenoxy) is 14. The summed E-state index contributed by atoms with van der Waals surface area (Å²) in [5.41, 5.74) is 0.0422. The minimum atomic E-state index is -2.24. The minimum absolute atomic E-state index is 0.0631. The summed E-state index contributed by atoms with van der Waals surface area (Å²) in [4.78, 5) is 0. The quantitative estimate of drug-likeness (QED) is 0.0642. The number of fused-ring (bicyclic) bond motifs is 7. The molecule has 0 aromatic carbocycles. The topological polar surface area (TPSA) is 473 Å². The lowest BCUT2D eigenvalue weighted by molar-refractivity contribution is -0.412. The Morgan fingerprint density at radius 1 is 0.383 bits per heavy atom. The fourth-order valence-electron chi connectivity index (χ4n) is 19.0. The third-order valence-electron chi connectivity index (χ3n) is 24.5. The Morgan fingerprint density at radius 3 is 1.44 bits per heavy atom.